The molecule has 17 heavy (non-hydrogen) atoms. The van der Waals surface area contributed by atoms with Gasteiger partial charge >= 0.3 is 0 Å². The van der Waals surface area contributed by atoms with Crippen molar-refractivity contribution in [1.82, 2.24) is 4.98 Å². The number of hydrogen-bond donors (Lipinski definition) is 2. The van der Waals surface area contributed by atoms with Crippen molar-refractivity contribution in [1.29, 1.82) is 0 Å². The molecule has 0 fully saturated rings. The molecule has 0 spiro atoms. The Kier molecular flexibility index (Phi) is 3.35. The van der Waals surface area contributed by atoms with Gasteiger partial charge in [0, 0.05) is 17.4 Å². The van der Waals surface area contributed by atoms with E-state index in [1.807, 2.05) is 37.3 Å². The summed E-state index contributed by atoms with van der Waals surface area (Å²) in [5.41, 5.74) is 9.54. The molecule has 2 rings (SSSR count). The van der Waals surface area contributed by atoms with Gasteiger partial charge in [0.1, 0.15) is 4.99 Å². The molecule has 0 unspecified atom stereocenters. The quantitative estimate of drug-likeness (QED) is 0.814. The fourth-order valence-electron chi connectivity index (χ4n) is 1.47. The van der Waals surface area contributed by atoms with Crippen LogP contribution in [0.4, 0.5) is 11.4 Å². The average Bonchev–Trinajstić information content (AvgIpc) is 2.33. The molecule has 0 aliphatic carbocycles. The number of pyridine rings is 1. The molecule has 0 aliphatic rings. The summed E-state index contributed by atoms with van der Waals surface area (Å²) in [6.45, 7) is 2.04. The van der Waals surface area contributed by atoms with Crippen molar-refractivity contribution in [3.63, 3.8) is 0 Å². The lowest BCUT2D eigenvalue weighted by Crippen LogP contribution is -2.08. The predicted octanol–water partition coefficient (Wildman–Crippen LogP) is 2.77. The van der Waals surface area contributed by atoms with Crippen molar-refractivity contribution in [2.45, 2.75) is 6.92 Å². The number of anilines is 2. The zero-order valence-corrected chi connectivity index (χ0v) is 10.3. The maximum Gasteiger partial charge on any atom is 0.103 e. The molecule has 1 aromatic heterocycles. The Morgan fingerprint density at radius 1 is 1.24 bits per heavy atom. The Morgan fingerprint density at radius 3 is 2.53 bits per heavy atom. The van der Waals surface area contributed by atoms with E-state index in [1.54, 1.807) is 12.4 Å². The highest BCUT2D eigenvalue weighted by Crippen LogP contribution is 2.19. The molecule has 0 radical (unpaired) electrons. The summed E-state index contributed by atoms with van der Waals surface area (Å²) >= 11 is 4.90. The fraction of sp³-hybridized carbons (Fsp3) is 0.0769. The van der Waals surface area contributed by atoms with Gasteiger partial charge in [0.05, 0.1) is 11.9 Å². The second-order valence-electron chi connectivity index (χ2n) is 3.76. The Balaban J connectivity index is 2.20. The molecular formula is C13H13N3S. The lowest BCUT2D eigenvalue weighted by atomic mass is 10.2. The van der Waals surface area contributed by atoms with Crippen LogP contribution < -0.4 is 11.1 Å². The van der Waals surface area contributed by atoms with Gasteiger partial charge in [0.2, 0.25) is 0 Å². The minimum Gasteiger partial charge on any atom is -0.389 e. The molecular weight excluding hydrogens is 230 g/mol. The van der Waals surface area contributed by atoms with Crippen molar-refractivity contribution in [3.8, 4) is 0 Å². The Morgan fingerprint density at radius 2 is 1.94 bits per heavy atom. The number of benzene rings is 1. The summed E-state index contributed by atoms with van der Waals surface area (Å²) < 4.78 is 0. The molecule has 86 valence electrons. The Bertz CT molecular complexity index is 535. The number of nitrogens with zero attached hydrogens (tertiary/aromatic N) is 1. The van der Waals surface area contributed by atoms with Gasteiger partial charge in [-0.15, -0.1) is 0 Å². The van der Waals surface area contributed by atoms with Crippen molar-refractivity contribution in [3.05, 3.63) is 53.9 Å². The van der Waals surface area contributed by atoms with Crippen LogP contribution in [0.5, 0.6) is 0 Å². The van der Waals surface area contributed by atoms with Crippen molar-refractivity contribution >= 4 is 28.6 Å². The van der Waals surface area contributed by atoms with Crippen LogP contribution in [0.1, 0.15) is 11.1 Å². The molecule has 0 atom stereocenters. The smallest absolute Gasteiger partial charge is 0.103 e. The normalized spacial score (nSPS) is 9.94. The van der Waals surface area contributed by atoms with Crippen molar-refractivity contribution in [2.75, 3.05) is 5.32 Å². The van der Waals surface area contributed by atoms with E-state index in [4.69, 9.17) is 18.0 Å². The highest BCUT2D eigenvalue weighted by molar-refractivity contribution is 7.80. The van der Waals surface area contributed by atoms with Crippen LogP contribution in [0.25, 0.3) is 0 Å². The minimum absolute atomic E-state index is 0.411. The van der Waals surface area contributed by atoms with Gasteiger partial charge in [0.25, 0.3) is 0 Å². The first-order valence-corrected chi connectivity index (χ1v) is 5.65. The first-order chi connectivity index (χ1) is 8.16. The van der Waals surface area contributed by atoms with E-state index in [9.17, 15) is 0 Å². The molecule has 2 aromatic rings. The van der Waals surface area contributed by atoms with Gasteiger partial charge in [0.15, 0.2) is 0 Å². The molecule has 0 amide bonds. The zero-order valence-electron chi connectivity index (χ0n) is 9.47. The summed E-state index contributed by atoms with van der Waals surface area (Å²) in [6.07, 6.45) is 3.58. The third kappa shape index (κ3) is 2.79. The SMILES string of the molecule is Cc1ccncc1Nc1ccc(C(N)=S)cc1. The van der Waals surface area contributed by atoms with E-state index in [0.717, 1.165) is 22.5 Å². The highest BCUT2D eigenvalue weighted by Gasteiger charge is 1.99. The van der Waals surface area contributed by atoms with Crippen molar-refractivity contribution in [2.24, 2.45) is 5.73 Å². The standard InChI is InChI=1S/C13H13N3S/c1-9-6-7-15-8-12(9)16-11-4-2-10(3-5-11)13(14)17/h2-8,16H,1H3,(H2,14,17). The van der Waals surface area contributed by atoms with E-state index in [1.165, 1.54) is 0 Å². The summed E-state index contributed by atoms with van der Waals surface area (Å²) in [5.74, 6) is 0. The largest absolute Gasteiger partial charge is 0.389 e. The number of nitrogens with one attached hydrogen (secondary N) is 1. The third-order valence-corrected chi connectivity index (χ3v) is 2.72. The second kappa shape index (κ2) is 4.93. The molecule has 3 nitrogen and oxygen atoms in total. The third-order valence-electron chi connectivity index (χ3n) is 2.49. The summed E-state index contributed by atoms with van der Waals surface area (Å²) in [4.78, 5) is 4.50. The van der Waals surface area contributed by atoms with Gasteiger partial charge in [-0.3, -0.25) is 4.98 Å². The first-order valence-electron chi connectivity index (χ1n) is 5.24. The Labute approximate surface area is 106 Å². The topological polar surface area (TPSA) is 50.9 Å². The maximum absolute atomic E-state index is 5.54. The minimum atomic E-state index is 0.411. The molecule has 4 heteroatoms. The second-order valence-corrected chi connectivity index (χ2v) is 4.20. The molecule has 3 N–H and O–H groups in total. The van der Waals surface area contributed by atoms with E-state index in [0.29, 0.717) is 4.99 Å². The van der Waals surface area contributed by atoms with Crippen molar-refractivity contribution < 1.29 is 0 Å². The van der Waals surface area contributed by atoms with Crippen LogP contribution in [-0.2, 0) is 0 Å². The number of hydrogen-bond acceptors (Lipinski definition) is 3. The van der Waals surface area contributed by atoms with Crippen LogP contribution in [-0.4, -0.2) is 9.97 Å². The Hall–Kier alpha value is -1.94. The zero-order chi connectivity index (χ0) is 12.3. The lowest BCUT2D eigenvalue weighted by molar-refractivity contribution is 1.28. The first kappa shape index (κ1) is 11.5. The molecule has 1 aromatic carbocycles. The van der Waals surface area contributed by atoms with Gasteiger partial charge in [-0.25, -0.2) is 0 Å². The number of nitrogens with two attached hydrogens (primary N) is 1. The van der Waals surface area contributed by atoms with E-state index in [-0.39, 0.29) is 0 Å². The fourth-order valence-corrected chi connectivity index (χ4v) is 1.60. The number of aryl methyl sites for hydroxylation is 1. The van der Waals surface area contributed by atoms with E-state index >= 15 is 0 Å². The van der Waals surface area contributed by atoms with Crippen LogP contribution in [0.15, 0.2) is 42.7 Å². The van der Waals surface area contributed by atoms with E-state index < -0.39 is 0 Å². The highest BCUT2D eigenvalue weighted by atomic mass is 32.1. The summed E-state index contributed by atoms with van der Waals surface area (Å²) in [5, 5.41) is 3.29. The number of rotatable bonds is 3. The molecule has 0 saturated carbocycles. The van der Waals surface area contributed by atoms with Gasteiger partial charge in [-0.1, -0.05) is 12.2 Å². The van der Waals surface area contributed by atoms with E-state index in [2.05, 4.69) is 10.3 Å². The lowest BCUT2D eigenvalue weighted by Gasteiger charge is -2.09. The van der Waals surface area contributed by atoms with Gasteiger partial charge in [-0.2, -0.15) is 0 Å². The number of thiocarbonyl (C=S) groups is 1. The molecule has 0 saturated heterocycles. The average molecular weight is 243 g/mol. The van der Waals surface area contributed by atoms with Crippen LogP contribution in [0.3, 0.4) is 0 Å². The monoisotopic (exact) mass is 243 g/mol. The van der Waals surface area contributed by atoms with Gasteiger partial charge < -0.3 is 11.1 Å². The molecule has 0 aliphatic heterocycles. The number of aromatic nitrogens is 1. The summed E-state index contributed by atoms with van der Waals surface area (Å²) in [6, 6.07) is 9.65. The van der Waals surface area contributed by atoms with Crippen LogP contribution >= 0.6 is 12.2 Å². The predicted molar refractivity (Wildman–Crippen MR) is 74.6 cm³/mol. The molecule has 0 bridgehead atoms. The van der Waals surface area contributed by atoms with Crippen LogP contribution in [0, 0.1) is 6.92 Å². The van der Waals surface area contributed by atoms with Gasteiger partial charge in [-0.05, 0) is 42.8 Å². The summed E-state index contributed by atoms with van der Waals surface area (Å²) in [7, 11) is 0. The maximum atomic E-state index is 5.54. The molecule has 1 heterocycles. The van der Waals surface area contributed by atoms with Crippen LogP contribution in [0.2, 0.25) is 0 Å².